The molecule has 0 saturated heterocycles. The topological polar surface area (TPSA) is 79.4 Å². The highest BCUT2D eigenvalue weighted by Gasteiger charge is 2.42. The number of nitrogens with zero attached hydrogens (tertiary/aromatic N) is 2. The summed E-state index contributed by atoms with van der Waals surface area (Å²) in [5, 5.41) is 2.91. The van der Waals surface area contributed by atoms with Gasteiger partial charge in [-0.3, -0.25) is 14.1 Å². The minimum absolute atomic E-state index is 0.0848. The van der Waals surface area contributed by atoms with Gasteiger partial charge in [-0.1, -0.05) is 57.2 Å². The van der Waals surface area contributed by atoms with Crippen LogP contribution < -0.4 is 9.62 Å². The minimum Gasteiger partial charge on any atom is -0.354 e. The van der Waals surface area contributed by atoms with Crippen molar-refractivity contribution in [2.24, 2.45) is 0 Å². The second-order valence-corrected chi connectivity index (χ2v) is 11.1. The average Bonchev–Trinajstić information content (AvgIpc) is 3.20. The molecule has 33 heavy (non-hydrogen) atoms. The summed E-state index contributed by atoms with van der Waals surface area (Å²) in [5.41, 5.74) is 3.24. The molecule has 0 spiro atoms. The van der Waals surface area contributed by atoms with Gasteiger partial charge in [0.1, 0.15) is 6.04 Å². The molecule has 0 unspecified atom stereocenters. The van der Waals surface area contributed by atoms with Gasteiger partial charge in [0, 0.05) is 31.3 Å². The van der Waals surface area contributed by atoms with Gasteiger partial charge in [-0.15, -0.1) is 0 Å². The number of nitrogens with one attached hydrogen (secondary N) is 1. The first-order chi connectivity index (χ1) is 15.7. The highest BCUT2D eigenvalue weighted by Crippen LogP contribution is 2.37. The Kier molecular flexibility index (Phi) is 6.26. The van der Waals surface area contributed by atoms with Crippen LogP contribution in [0.2, 0.25) is 0 Å². The van der Waals surface area contributed by atoms with Gasteiger partial charge in [0.05, 0.1) is 10.6 Å². The van der Waals surface area contributed by atoms with Crippen molar-refractivity contribution in [3.8, 4) is 0 Å². The van der Waals surface area contributed by atoms with Gasteiger partial charge < -0.3 is 5.32 Å². The molecule has 0 fully saturated rings. The van der Waals surface area contributed by atoms with Crippen LogP contribution in [0.15, 0.2) is 77.8 Å². The van der Waals surface area contributed by atoms with Crippen molar-refractivity contribution in [1.29, 1.82) is 0 Å². The molecule has 2 aromatic carbocycles. The monoisotopic (exact) mass is 463 g/mol. The molecule has 1 N–H and O–H groups in total. The van der Waals surface area contributed by atoms with E-state index in [-0.39, 0.29) is 16.2 Å². The number of rotatable bonds is 6. The Balaban J connectivity index is 1.59. The summed E-state index contributed by atoms with van der Waals surface area (Å²) in [4.78, 5) is 17.6. The molecule has 1 amide bonds. The number of carbonyl (C=O) groups is 1. The van der Waals surface area contributed by atoms with E-state index in [9.17, 15) is 13.2 Å². The number of sulfonamides is 1. The number of carbonyl (C=O) groups excluding carboxylic acids is 1. The third-order valence-electron chi connectivity index (χ3n) is 5.91. The summed E-state index contributed by atoms with van der Waals surface area (Å²) in [6, 6.07) is 19.1. The number of amides is 1. The van der Waals surface area contributed by atoms with Gasteiger partial charge in [0.25, 0.3) is 10.0 Å². The van der Waals surface area contributed by atoms with Crippen molar-refractivity contribution in [3.63, 3.8) is 0 Å². The lowest BCUT2D eigenvalue weighted by atomic mass is 9.87. The van der Waals surface area contributed by atoms with Crippen molar-refractivity contribution in [3.05, 3.63) is 89.7 Å². The van der Waals surface area contributed by atoms with E-state index in [0.717, 1.165) is 16.8 Å². The van der Waals surface area contributed by atoms with Crippen LogP contribution in [0, 0.1) is 0 Å². The molecule has 1 aliphatic rings. The Morgan fingerprint density at radius 1 is 1.03 bits per heavy atom. The lowest BCUT2D eigenvalue weighted by Gasteiger charge is -2.27. The molecular weight excluding hydrogens is 434 g/mol. The fourth-order valence-electron chi connectivity index (χ4n) is 4.07. The summed E-state index contributed by atoms with van der Waals surface area (Å²) in [6.07, 6.45) is 2.63. The van der Waals surface area contributed by atoms with Gasteiger partial charge in [-0.2, -0.15) is 0 Å². The standard InChI is InChI=1S/C26H29N3O3S/c1-26(2,3)20-11-13-22(14-12-20)33(31,32)29-23-10-5-4-8-19(23)18-24(29)25(30)28-17-15-21-9-6-7-16-27-21/h4-14,16,24H,15,17-18H2,1-3H3,(H,28,30)/t24-/m0/s1. The van der Waals surface area contributed by atoms with Crippen LogP contribution in [0.3, 0.4) is 0 Å². The maximum absolute atomic E-state index is 13.7. The molecule has 1 aromatic heterocycles. The van der Waals surface area contributed by atoms with Crippen LogP contribution in [0.5, 0.6) is 0 Å². The first-order valence-corrected chi connectivity index (χ1v) is 12.5. The molecule has 0 aliphatic carbocycles. The van der Waals surface area contributed by atoms with E-state index in [1.165, 1.54) is 4.31 Å². The molecule has 2 heterocycles. The summed E-state index contributed by atoms with van der Waals surface area (Å²) in [5.74, 6) is -0.308. The number of anilines is 1. The summed E-state index contributed by atoms with van der Waals surface area (Å²) >= 11 is 0. The third kappa shape index (κ3) is 4.78. The van der Waals surface area contributed by atoms with Gasteiger partial charge in [-0.25, -0.2) is 8.42 Å². The van der Waals surface area contributed by atoms with Crippen molar-refractivity contribution in [2.45, 2.75) is 50.0 Å². The fourth-order valence-corrected chi connectivity index (χ4v) is 5.72. The first-order valence-electron chi connectivity index (χ1n) is 11.1. The molecule has 3 aromatic rings. The van der Waals surface area contributed by atoms with Crippen LogP contribution in [-0.4, -0.2) is 31.9 Å². The second kappa shape index (κ2) is 8.98. The number of para-hydroxylation sites is 1. The zero-order valence-corrected chi connectivity index (χ0v) is 20.0. The lowest BCUT2D eigenvalue weighted by molar-refractivity contribution is -0.122. The predicted molar refractivity (Wildman–Crippen MR) is 130 cm³/mol. The number of benzene rings is 2. The smallest absolute Gasteiger partial charge is 0.265 e. The number of aromatic nitrogens is 1. The molecule has 4 rings (SSSR count). The molecule has 0 bridgehead atoms. The van der Waals surface area contributed by atoms with E-state index in [1.54, 1.807) is 30.5 Å². The lowest BCUT2D eigenvalue weighted by Crippen LogP contribution is -2.48. The Morgan fingerprint density at radius 3 is 2.39 bits per heavy atom. The van der Waals surface area contributed by atoms with E-state index in [0.29, 0.717) is 25.1 Å². The first kappa shape index (κ1) is 23.0. The molecule has 172 valence electrons. The summed E-state index contributed by atoms with van der Waals surface area (Å²) < 4.78 is 28.7. The van der Waals surface area contributed by atoms with E-state index < -0.39 is 16.1 Å². The van der Waals surface area contributed by atoms with E-state index in [2.05, 4.69) is 31.1 Å². The number of hydrogen-bond donors (Lipinski definition) is 1. The predicted octanol–water partition coefficient (Wildman–Crippen LogP) is 3.86. The van der Waals surface area contributed by atoms with Crippen LogP contribution in [0.1, 0.15) is 37.6 Å². The average molecular weight is 464 g/mol. The highest BCUT2D eigenvalue weighted by molar-refractivity contribution is 7.93. The zero-order chi connectivity index (χ0) is 23.6. The fraction of sp³-hybridized carbons (Fsp3) is 0.308. The van der Waals surface area contributed by atoms with Crippen LogP contribution in [0.4, 0.5) is 5.69 Å². The maximum atomic E-state index is 13.7. The number of fused-ring (bicyclic) bond motifs is 1. The molecule has 0 saturated carbocycles. The molecule has 1 atom stereocenters. The van der Waals surface area contributed by atoms with Gasteiger partial charge in [-0.05, 0) is 46.9 Å². The van der Waals surface area contributed by atoms with Crippen molar-refractivity contribution in [2.75, 3.05) is 10.8 Å². The molecular formula is C26H29N3O3S. The van der Waals surface area contributed by atoms with Crippen molar-refractivity contribution in [1.82, 2.24) is 10.3 Å². The molecule has 0 radical (unpaired) electrons. The van der Waals surface area contributed by atoms with Crippen LogP contribution in [-0.2, 0) is 33.1 Å². The minimum atomic E-state index is -3.93. The quantitative estimate of drug-likeness (QED) is 0.602. The number of hydrogen-bond acceptors (Lipinski definition) is 4. The SMILES string of the molecule is CC(C)(C)c1ccc(S(=O)(=O)N2c3ccccc3C[C@H]2C(=O)NCCc2ccccn2)cc1. The normalized spacial score (nSPS) is 15.8. The Hall–Kier alpha value is -3.19. The molecule has 1 aliphatic heterocycles. The third-order valence-corrected chi connectivity index (χ3v) is 7.75. The maximum Gasteiger partial charge on any atom is 0.265 e. The summed E-state index contributed by atoms with van der Waals surface area (Å²) in [6.45, 7) is 6.63. The van der Waals surface area contributed by atoms with Crippen molar-refractivity contribution >= 4 is 21.6 Å². The summed E-state index contributed by atoms with van der Waals surface area (Å²) in [7, 11) is -3.93. The molecule has 6 nitrogen and oxygen atoms in total. The Labute approximate surface area is 195 Å². The van der Waals surface area contributed by atoms with E-state index in [1.807, 2.05) is 42.5 Å². The molecule has 7 heteroatoms. The van der Waals surface area contributed by atoms with Gasteiger partial charge >= 0.3 is 0 Å². The van der Waals surface area contributed by atoms with E-state index >= 15 is 0 Å². The zero-order valence-electron chi connectivity index (χ0n) is 19.2. The largest absolute Gasteiger partial charge is 0.354 e. The van der Waals surface area contributed by atoms with Gasteiger partial charge in [0.2, 0.25) is 5.91 Å². The number of pyridine rings is 1. The van der Waals surface area contributed by atoms with Crippen LogP contribution in [0.25, 0.3) is 0 Å². The van der Waals surface area contributed by atoms with Crippen molar-refractivity contribution < 1.29 is 13.2 Å². The highest BCUT2D eigenvalue weighted by atomic mass is 32.2. The van der Waals surface area contributed by atoms with Crippen LogP contribution >= 0.6 is 0 Å². The Bertz CT molecular complexity index is 1230. The van der Waals surface area contributed by atoms with E-state index in [4.69, 9.17) is 0 Å². The second-order valence-electron chi connectivity index (χ2n) is 9.29. The Morgan fingerprint density at radius 2 is 1.73 bits per heavy atom. The van der Waals surface area contributed by atoms with Gasteiger partial charge in [0.15, 0.2) is 0 Å².